The zero-order valence-corrected chi connectivity index (χ0v) is 18.3. The van der Waals surface area contributed by atoms with Crippen molar-refractivity contribution in [3.63, 3.8) is 0 Å². The minimum atomic E-state index is -0.307. The van der Waals surface area contributed by atoms with Crippen molar-refractivity contribution in [2.75, 3.05) is 23.9 Å². The van der Waals surface area contributed by atoms with Crippen molar-refractivity contribution in [1.29, 1.82) is 0 Å². The van der Waals surface area contributed by atoms with Gasteiger partial charge in [-0.25, -0.2) is 9.50 Å². The number of rotatable bonds is 5. The minimum absolute atomic E-state index is 0.258. The number of nitrogens with zero attached hydrogens (tertiary/aromatic N) is 4. The number of nitrogens with one attached hydrogen (secondary N) is 1. The number of carbonyl (C=O) groups excluding carboxylic acids is 1. The average molecular weight is 448 g/mol. The standard InChI is InChI=1S/C24H22ClN5O2/c1-32-17-10-8-16(9-11-17)20-7-4-14-29(20)23-13-12-22-26-21(15-30(22)28-23)27-24(31)18-5-2-3-6-19(18)25/h2-3,5-6,8-13,15,20H,4,7,14H2,1H3,(H,27,31). The number of ether oxygens (including phenoxy) is 1. The lowest BCUT2D eigenvalue weighted by Gasteiger charge is -2.26. The summed E-state index contributed by atoms with van der Waals surface area (Å²) < 4.78 is 6.98. The summed E-state index contributed by atoms with van der Waals surface area (Å²) in [4.78, 5) is 19.3. The number of fused-ring (bicyclic) bond motifs is 1. The SMILES string of the molecule is COc1ccc(C2CCCN2c2ccc3nc(NC(=O)c4ccccc4Cl)cn3n2)cc1. The Morgan fingerprint density at radius 2 is 1.94 bits per heavy atom. The van der Waals surface area contributed by atoms with Crippen molar-refractivity contribution < 1.29 is 9.53 Å². The summed E-state index contributed by atoms with van der Waals surface area (Å²) in [5, 5.41) is 7.96. The van der Waals surface area contributed by atoms with Crippen LogP contribution in [0.2, 0.25) is 5.02 Å². The fourth-order valence-electron chi connectivity index (χ4n) is 4.13. The van der Waals surface area contributed by atoms with E-state index < -0.39 is 0 Å². The highest BCUT2D eigenvalue weighted by atomic mass is 35.5. The molecule has 4 aromatic rings. The molecule has 0 spiro atoms. The highest BCUT2D eigenvalue weighted by Gasteiger charge is 2.27. The second-order valence-electron chi connectivity index (χ2n) is 7.68. The first kappa shape index (κ1) is 20.3. The molecule has 1 aliphatic rings. The Balaban J connectivity index is 1.38. The second-order valence-corrected chi connectivity index (χ2v) is 8.09. The van der Waals surface area contributed by atoms with Crippen LogP contribution < -0.4 is 15.0 Å². The molecule has 3 heterocycles. The molecule has 5 rings (SSSR count). The largest absolute Gasteiger partial charge is 0.497 e. The number of aromatic nitrogens is 3. The number of halogens is 1. The third-order valence-corrected chi connectivity index (χ3v) is 6.04. The van der Waals surface area contributed by atoms with Crippen LogP contribution in [-0.4, -0.2) is 34.2 Å². The van der Waals surface area contributed by atoms with Crippen LogP contribution in [0.4, 0.5) is 11.6 Å². The molecule has 2 aromatic carbocycles. The van der Waals surface area contributed by atoms with Gasteiger partial charge in [0.25, 0.3) is 5.91 Å². The van der Waals surface area contributed by atoms with E-state index in [0.717, 1.165) is 31.0 Å². The Hall–Kier alpha value is -3.58. The van der Waals surface area contributed by atoms with Gasteiger partial charge in [-0.05, 0) is 54.8 Å². The summed E-state index contributed by atoms with van der Waals surface area (Å²) in [6.07, 6.45) is 3.88. The van der Waals surface area contributed by atoms with Gasteiger partial charge in [-0.1, -0.05) is 35.9 Å². The number of benzene rings is 2. The molecule has 162 valence electrons. The fraction of sp³-hybridized carbons (Fsp3) is 0.208. The summed E-state index contributed by atoms with van der Waals surface area (Å²) >= 11 is 6.13. The van der Waals surface area contributed by atoms with Crippen LogP contribution in [-0.2, 0) is 0 Å². The molecule has 8 heteroatoms. The molecule has 0 saturated carbocycles. The van der Waals surface area contributed by atoms with Gasteiger partial charge in [-0.2, -0.15) is 0 Å². The van der Waals surface area contributed by atoms with Crippen LogP contribution >= 0.6 is 11.6 Å². The second kappa shape index (κ2) is 8.51. The zero-order chi connectivity index (χ0) is 22.1. The first-order valence-corrected chi connectivity index (χ1v) is 10.8. The van der Waals surface area contributed by atoms with Gasteiger partial charge >= 0.3 is 0 Å². The third kappa shape index (κ3) is 3.87. The normalized spacial score (nSPS) is 15.8. The predicted molar refractivity (Wildman–Crippen MR) is 125 cm³/mol. The number of amides is 1. The average Bonchev–Trinajstić information content (AvgIpc) is 3.45. The first-order valence-electron chi connectivity index (χ1n) is 10.5. The van der Waals surface area contributed by atoms with Gasteiger partial charge in [0.05, 0.1) is 29.9 Å². The zero-order valence-electron chi connectivity index (χ0n) is 17.5. The van der Waals surface area contributed by atoms with E-state index >= 15 is 0 Å². The first-order chi connectivity index (χ1) is 15.6. The monoisotopic (exact) mass is 447 g/mol. The Morgan fingerprint density at radius 1 is 1.12 bits per heavy atom. The number of hydrogen-bond donors (Lipinski definition) is 1. The summed E-state index contributed by atoms with van der Waals surface area (Å²) in [5.74, 6) is 1.84. The molecule has 2 aromatic heterocycles. The number of imidazole rings is 1. The number of carbonyl (C=O) groups is 1. The van der Waals surface area contributed by atoms with Crippen molar-refractivity contribution >= 4 is 34.8 Å². The molecule has 32 heavy (non-hydrogen) atoms. The van der Waals surface area contributed by atoms with Gasteiger partial charge in [0.1, 0.15) is 11.6 Å². The summed E-state index contributed by atoms with van der Waals surface area (Å²) in [7, 11) is 1.67. The summed E-state index contributed by atoms with van der Waals surface area (Å²) in [5.41, 5.74) is 2.30. The lowest BCUT2D eigenvalue weighted by Crippen LogP contribution is -2.24. The molecule has 1 aliphatic heterocycles. The van der Waals surface area contributed by atoms with Crippen LogP contribution in [0.3, 0.4) is 0 Å². The van der Waals surface area contributed by atoms with Crippen LogP contribution in [0, 0.1) is 0 Å². The van der Waals surface area contributed by atoms with E-state index in [1.807, 2.05) is 24.3 Å². The van der Waals surface area contributed by atoms with E-state index in [4.69, 9.17) is 21.4 Å². The van der Waals surface area contributed by atoms with Crippen LogP contribution in [0.5, 0.6) is 5.75 Å². The Kier molecular flexibility index (Phi) is 5.41. The van der Waals surface area contributed by atoms with Crippen LogP contribution in [0.15, 0.2) is 66.9 Å². The van der Waals surface area contributed by atoms with Gasteiger partial charge in [-0.15, -0.1) is 5.10 Å². The summed E-state index contributed by atoms with van der Waals surface area (Å²) in [6, 6.07) is 19.3. The topological polar surface area (TPSA) is 71.8 Å². The molecule has 1 unspecified atom stereocenters. The molecule has 7 nitrogen and oxygen atoms in total. The molecule has 0 bridgehead atoms. The molecule has 1 atom stereocenters. The van der Waals surface area contributed by atoms with Gasteiger partial charge in [0.2, 0.25) is 0 Å². The molecular weight excluding hydrogens is 426 g/mol. The maximum Gasteiger partial charge on any atom is 0.258 e. The quantitative estimate of drug-likeness (QED) is 0.467. The van der Waals surface area contributed by atoms with E-state index in [9.17, 15) is 4.79 Å². The van der Waals surface area contributed by atoms with Gasteiger partial charge in [-0.3, -0.25) is 4.79 Å². The molecule has 1 N–H and O–H groups in total. The third-order valence-electron chi connectivity index (χ3n) is 5.71. The number of hydrogen-bond acceptors (Lipinski definition) is 5. The van der Waals surface area contributed by atoms with Crippen molar-refractivity contribution in [3.05, 3.63) is 83.0 Å². The van der Waals surface area contributed by atoms with Gasteiger partial charge in [0, 0.05) is 6.54 Å². The van der Waals surface area contributed by atoms with Crippen molar-refractivity contribution in [3.8, 4) is 5.75 Å². The highest BCUT2D eigenvalue weighted by molar-refractivity contribution is 6.34. The molecule has 1 amide bonds. The van der Waals surface area contributed by atoms with E-state index in [0.29, 0.717) is 22.1 Å². The molecule has 0 radical (unpaired) electrons. The van der Waals surface area contributed by atoms with E-state index in [2.05, 4.69) is 27.3 Å². The van der Waals surface area contributed by atoms with Crippen molar-refractivity contribution in [2.45, 2.75) is 18.9 Å². The van der Waals surface area contributed by atoms with Crippen LogP contribution in [0.1, 0.15) is 34.8 Å². The maximum absolute atomic E-state index is 12.6. The molecule has 1 saturated heterocycles. The van der Waals surface area contributed by atoms with E-state index in [-0.39, 0.29) is 11.9 Å². The minimum Gasteiger partial charge on any atom is -0.497 e. The molecule has 0 aliphatic carbocycles. The lowest BCUT2D eigenvalue weighted by molar-refractivity contribution is 0.102. The summed E-state index contributed by atoms with van der Waals surface area (Å²) in [6.45, 7) is 0.931. The number of anilines is 2. The van der Waals surface area contributed by atoms with Gasteiger partial charge < -0.3 is 15.0 Å². The molecule has 1 fully saturated rings. The Morgan fingerprint density at radius 3 is 2.72 bits per heavy atom. The van der Waals surface area contributed by atoms with Crippen molar-refractivity contribution in [1.82, 2.24) is 14.6 Å². The smallest absolute Gasteiger partial charge is 0.258 e. The van der Waals surface area contributed by atoms with E-state index in [1.54, 1.807) is 42.1 Å². The predicted octanol–water partition coefficient (Wildman–Crippen LogP) is 4.99. The highest BCUT2D eigenvalue weighted by Crippen LogP contribution is 2.35. The van der Waals surface area contributed by atoms with Gasteiger partial charge in [0.15, 0.2) is 11.5 Å². The maximum atomic E-state index is 12.6. The number of methoxy groups -OCH3 is 1. The van der Waals surface area contributed by atoms with Crippen molar-refractivity contribution in [2.24, 2.45) is 0 Å². The fourth-order valence-corrected chi connectivity index (χ4v) is 4.35. The Labute approximate surface area is 190 Å². The van der Waals surface area contributed by atoms with Crippen LogP contribution in [0.25, 0.3) is 5.65 Å². The molecular formula is C24H22ClN5O2. The lowest BCUT2D eigenvalue weighted by atomic mass is 10.0. The van der Waals surface area contributed by atoms with E-state index in [1.165, 1.54) is 5.56 Å². The Bertz CT molecular complexity index is 1270.